The van der Waals surface area contributed by atoms with Crippen LogP contribution in [0, 0.1) is 5.41 Å². The second-order valence-corrected chi connectivity index (χ2v) is 8.50. The van der Waals surface area contributed by atoms with Gasteiger partial charge in [0.2, 0.25) is 10.0 Å². The maximum Gasteiger partial charge on any atom is 0.417 e. The second-order valence-electron chi connectivity index (χ2n) is 6.15. The van der Waals surface area contributed by atoms with E-state index in [4.69, 9.17) is 11.6 Å². The van der Waals surface area contributed by atoms with Crippen LogP contribution in [0.15, 0.2) is 23.1 Å². The van der Waals surface area contributed by atoms with Gasteiger partial charge in [-0.2, -0.15) is 17.5 Å². The zero-order valence-electron chi connectivity index (χ0n) is 12.2. The molecule has 1 aromatic rings. The Morgan fingerprint density at radius 1 is 1.26 bits per heavy atom. The summed E-state index contributed by atoms with van der Waals surface area (Å²) in [5, 5.41) is 3.05. The van der Waals surface area contributed by atoms with Gasteiger partial charge in [0, 0.05) is 24.7 Å². The van der Waals surface area contributed by atoms with E-state index >= 15 is 0 Å². The Morgan fingerprint density at radius 2 is 2.00 bits per heavy atom. The smallest absolute Gasteiger partial charge is 0.316 e. The summed E-state index contributed by atoms with van der Waals surface area (Å²) >= 11 is 5.61. The van der Waals surface area contributed by atoms with E-state index in [1.165, 1.54) is 10.4 Å². The summed E-state index contributed by atoms with van der Waals surface area (Å²) in [4.78, 5) is -0.725. The van der Waals surface area contributed by atoms with Crippen molar-refractivity contribution in [2.24, 2.45) is 5.41 Å². The van der Waals surface area contributed by atoms with Gasteiger partial charge in [-0.15, -0.1) is 0 Å². The molecule has 0 amide bonds. The van der Waals surface area contributed by atoms with E-state index in [1.807, 2.05) is 0 Å². The first-order valence-electron chi connectivity index (χ1n) is 7.22. The molecule has 1 atom stereocenters. The SMILES string of the molecule is O=S(=O)(c1ccc(Cl)cc1C(F)(F)F)N1CCC2(CCNC2)C1. The minimum absolute atomic E-state index is 0.144. The lowest BCUT2D eigenvalue weighted by atomic mass is 9.87. The Bertz CT molecular complexity index is 715. The van der Waals surface area contributed by atoms with Gasteiger partial charge in [-0.1, -0.05) is 11.6 Å². The van der Waals surface area contributed by atoms with Crippen molar-refractivity contribution in [3.8, 4) is 0 Å². The summed E-state index contributed by atoms with van der Waals surface area (Å²) in [5.41, 5.74) is -1.37. The number of halogens is 4. The van der Waals surface area contributed by atoms with Crippen LogP contribution in [-0.2, 0) is 16.2 Å². The number of hydrogen-bond acceptors (Lipinski definition) is 3. The van der Waals surface area contributed by atoms with Crippen molar-refractivity contribution >= 4 is 21.6 Å². The highest BCUT2D eigenvalue weighted by Gasteiger charge is 2.46. The molecule has 1 aromatic carbocycles. The maximum absolute atomic E-state index is 13.2. The first kappa shape index (κ1) is 17.0. The molecule has 0 radical (unpaired) electrons. The van der Waals surface area contributed by atoms with Gasteiger partial charge >= 0.3 is 6.18 Å². The molecule has 2 heterocycles. The lowest BCUT2D eigenvalue weighted by Crippen LogP contribution is -2.34. The largest absolute Gasteiger partial charge is 0.417 e. The summed E-state index contributed by atoms with van der Waals surface area (Å²) in [6.07, 6.45) is -3.28. The predicted molar refractivity (Wildman–Crippen MR) is 79.7 cm³/mol. The first-order valence-corrected chi connectivity index (χ1v) is 9.04. The van der Waals surface area contributed by atoms with Crippen LogP contribution in [0.1, 0.15) is 18.4 Å². The van der Waals surface area contributed by atoms with Crippen LogP contribution in [0.2, 0.25) is 5.02 Å². The highest BCUT2D eigenvalue weighted by atomic mass is 35.5. The summed E-state index contributed by atoms with van der Waals surface area (Å²) in [7, 11) is -4.21. The number of alkyl halides is 3. The molecule has 0 saturated carbocycles. The first-order chi connectivity index (χ1) is 10.6. The Morgan fingerprint density at radius 3 is 2.61 bits per heavy atom. The fourth-order valence-corrected chi connectivity index (χ4v) is 5.25. The minimum atomic E-state index is -4.78. The Balaban J connectivity index is 1.98. The number of benzene rings is 1. The molecule has 4 nitrogen and oxygen atoms in total. The lowest BCUT2D eigenvalue weighted by Gasteiger charge is -2.23. The quantitative estimate of drug-likeness (QED) is 0.873. The van der Waals surface area contributed by atoms with Crippen molar-refractivity contribution in [3.63, 3.8) is 0 Å². The molecule has 0 bridgehead atoms. The average Bonchev–Trinajstić information content (AvgIpc) is 3.09. The summed E-state index contributed by atoms with van der Waals surface area (Å²) in [6, 6.07) is 2.78. The van der Waals surface area contributed by atoms with E-state index in [0.29, 0.717) is 19.0 Å². The number of rotatable bonds is 2. The van der Waals surface area contributed by atoms with Gasteiger partial charge in [0.25, 0.3) is 0 Å². The third-order valence-corrected chi connectivity index (χ3v) is 6.74. The Hall–Kier alpha value is -0.830. The molecule has 2 saturated heterocycles. The molecule has 2 fully saturated rings. The number of sulfonamides is 1. The van der Waals surface area contributed by atoms with Gasteiger partial charge in [0.15, 0.2) is 0 Å². The summed E-state index contributed by atoms with van der Waals surface area (Å²) in [5.74, 6) is 0. The molecule has 128 valence electrons. The third-order valence-electron chi connectivity index (χ3n) is 4.60. The number of nitrogens with zero attached hydrogens (tertiary/aromatic N) is 1. The predicted octanol–water partition coefficient (Wildman–Crippen LogP) is 2.73. The van der Waals surface area contributed by atoms with Gasteiger partial charge in [-0.05, 0) is 43.0 Å². The number of hydrogen-bond donors (Lipinski definition) is 1. The van der Waals surface area contributed by atoms with Gasteiger partial charge in [0.1, 0.15) is 0 Å². The fraction of sp³-hybridized carbons (Fsp3) is 0.571. The topological polar surface area (TPSA) is 49.4 Å². The molecule has 2 aliphatic rings. The zero-order valence-corrected chi connectivity index (χ0v) is 13.7. The van der Waals surface area contributed by atoms with E-state index in [1.54, 1.807) is 0 Å². The van der Waals surface area contributed by atoms with Crippen molar-refractivity contribution in [1.29, 1.82) is 0 Å². The average molecular weight is 369 g/mol. The standard InChI is InChI=1S/C14H16ClF3N2O2S/c15-10-1-2-12(11(7-10)14(16,17)18)23(21,22)20-6-4-13(9-20)3-5-19-8-13/h1-2,7,19H,3-6,8-9H2. The molecule has 1 N–H and O–H groups in total. The van der Waals surface area contributed by atoms with E-state index in [-0.39, 0.29) is 23.5 Å². The molecule has 23 heavy (non-hydrogen) atoms. The van der Waals surface area contributed by atoms with Crippen molar-refractivity contribution in [2.45, 2.75) is 23.9 Å². The molecule has 1 spiro atoms. The van der Waals surface area contributed by atoms with E-state index < -0.39 is 26.7 Å². The molecule has 3 rings (SSSR count). The molecule has 0 aliphatic carbocycles. The van der Waals surface area contributed by atoms with Crippen LogP contribution >= 0.6 is 11.6 Å². The minimum Gasteiger partial charge on any atom is -0.316 e. The van der Waals surface area contributed by atoms with Crippen LogP contribution in [-0.4, -0.2) is 38.9 Å². The second kappa shape index (κ2) is 5.61. The Kier molecular flexibility index (Phi) is 4.15. The van der Waals surface area contributed by atoms with Gasteiger partial charge < -0.3 is 5.32 Å². The van der Waals surface area contributed by atoms with E-state index in [0.717, 1.165) is 19.0 Å². The molecule has 1 unspecified atom stereocenters. The van der Waals surface area contributed by atoms with E-state index in [2.05, 4.69) is 5.32 Å². The van der Waals surface area contributed by atoms with E-state index in [9.17, 15) is 21.6 Å². The van der Waals surface area contributed by atoms with Crippen molar-refractivity contribution in [1.82, 2.24) is 9.62 Å². The molecular formula is C14H16ClF3N2O2S. The van der Waals surface area contributed by atoms with Crippen LogP contribution in [0.25, 0.3) is 0 Å². The van der Waals surface area contributed by atoms with Gasteiger partial charge in [0.05, 0.1) is 10.5 Å². The van der Waals surface area contributed by atoms with Gasteiger partial charge in [-0.25, -0.2) is 8.42 Å². The van der Waals surface area contributed by atoms with Crippen LogP contribution in [0.4, 0.5) is 13.2 Å². The molecule has 0 aromatic heterocycles. The normalized spacial score (nSPS) is 26.3. The highest BCUT2D eigenvalue weighted by Crippen LogP contribution is 2.41. The summed E-state index contributed by atoms with van der Waals surface area (Å²) < 4.78 is 66.2. The summed E-state index contributed by atoms with van der Waals surface area (Å²) in [6.45, 7) is 2.00. The molecular weight excluding hydrogens is 353 g/mol. The highest BCUT2D eigenvalue weighted by molar-refractivity contribution is 7.89. The van der Waals surface area contributed by atoms with Crippen molar-refractivity contribution in [3.05, 3.63) is 28.8 Å². The van der Waals surface area contributed by atoms with Crippen molar-refractivity contribution in [2.75, 3.05) is 26.2 Å². The zero-order chi connectivity index (χ0) is 16.9. The molecule has 2 aliphatic heterocycles. The van der Waals surface area contributed by atoms with Crippen molar-refractivity contribution < 1.29 is 21.6 Å². The van der Waals surface area contributed by atoms with Crippen LogP contribution in [0.3, 0.4) is 0 Å². The third kappa shape index (κ3) is 3.09. The maximum atomic E-state index is 13.2. The number of nitrogens with one attached hydrogen (secondary N) is 1. The Labute approximate surface area is 137 Å². The van der Waals surface area contributed by atoms with Crippen LogP contribution in [0.5, 0.6) is 0 Å². The van der Waals surface area contributed by atoms with Gasteiger partial charge in [-0.3, -0.25) is 0 Å². The monoisotopic (exact) mass is 368 g/mol. The van der Waals surface area contributed by atoms with Crippen LogP contribution < -0.4 is 5.32 Å². The molecule has 9 heteroatoms. The lowest BCUT2D eigenvalue weighted by molar-refractivity contribution is -0.139. The fourth-order valence-electron chi connectivity index (χ4n) is 3.33.